The van der Waals surface area contributed by atoms with Gasteiger partial charge in [-0.25, -0.2) is 4.79 Å². The molecule has 1 amide bonds. The Labute approximate surface area is 159 Å². The van der Waals surface area contributed by atoms with Crippen LogP contribution in [0.2, 0.25) is 0 Å². The third-order valence-electron chi connectivity index (χ3n) is 4.10. The van der Waals surface area contributed by atoms with E-state index in [9.17, 15) is 17.1 Å². The predicted octanol–water partition coefficient (Wildman–Crippen LogP) is 2.22. The van der Waals surface area contributed by atoms with Crippen LogP contribution < -0.4 is 9.92 Å². The minimum atomic E-state index is -5.13. The molecule has 1 aromatic carbocycles. The highest BCUT2D eigenvalue weighted by Crippen LogP contribution is 2.28. The lowest BCUT2D eigenvalue weighted by molar-refractivity contribution is 0.0139. The molecule has 2 N–H and O–H groups in total. The maximum absolute atomic E-state index is 12.9. The van der Waals surface area contributed by atoms with Gasteiger partial charge in [-0.3, -0.25) is 4.90 Å². The number of amides is 1. The van der Waals surface area contributed by atoms with E-state index in [4.69, 9.17) is 10.5 Å². The van der Waals surface area contributed by atoms with Crippen molar-refractivity contribution in [2.45, 2.75) is 39.8 Å². The lowest BCUT2D eigenvalue weighted by Crippen LogP contribution is -2.49. The number of hydrogen-bond acceptors (Lipinski definition) is 7. The van der Waals surface area contributed by atoms with Gasteiger partial charge < -0.3 is 19.6 Å². The smallest absolute Gasteiger partial charge is 0.444 e. The molecule has 10 heteroatoms. The molecule has 8 nitrogen and oxygen atoms in total. The topological polar surface area (TPSA) is 102 Å². The van der Waals surface area contributed by atoms with E-state index in [2.05, 4.69) is 9.08 Å². The highest BCUT2D eigenvalue weighted by atomic mass is 32.3. The molecule has 1 aliphatic heterocycles. The molecule has 1 aromatic rings. The zero-order valence-electron chi connectivity index (χ0n) is 16.0. The standard InChI is InChI=1S/C17H26FN3O5S/c1-12-13(9-14(19)10-15(12)26-27(18,23)24)11-20-5-7-21(8-6-20)16(22)25-17(2,3)4/h9-10H,5-8,11,19H2,1-4H3. The Morgan fingerprint density at radius 3 is 2.33 bits per heavy atom. The zero-order chi connectivity index (χ0) is 20.4. The Balaban J connectivity index is 2.02. The highest BCUT2D eigenvalue weighted by molar-refractivity contribution is 7.81. The molecular formula is C17H26FN3O5S. The largest absolute Gasteiger partial charge is 0.488 e. The van der Waals surface area contributed by atoms with Gasteiger partial charge >= 0.3 is 16.6 Å². The molecular weight excluding hydrogens is 377 g/mol. The average Bonchev–Trinajstić information content (AvgIpc) is 2.49. The van der Waals surface area contributed by atoms with E-state index >= 15 is 0 Å². The number of nitrogens with zero attached hydrogens (tertiary/aromatic N) is 2. The SMILES string of the molecule is Cc1c(CN2CCN(C(=O)OC(C)(C)C)CC2)cc(N)cc1OS(=O)(=O)F. The summed E-state index contributed by atoms with van der Waals surface area (Å²) >= 11 is 0. The fourth-order valence-electron chi connectivity index (χ4n) is 2.78. The first-order chi connectivity index (χ1) is 12.3. The monoisotopic (exact) mass is 403 g/mol. The molecule has 1 saturated heterocycles. The summed E-state index contributed by atoms with van der Waals surface area (Å²) in [4.78, 5) is 15.9. The number of hydrogen-bond donors (Lipinski definition) is 1. The van der Waals surface area contributed by atoms with Crippen molar-refractivity contribution in [2.24, 2.45) is 0 Å². The Hall–Kier alpha value is -2.07. The minimum Gasteiger partial charge on any atom is -0.444 e. The molecule has 1 aliphatic rings. The normalized spacial score (nSPS) is 16.3. The van der Waals surface area contributed by atoms with Crippen molar-refractivity contribution in [1.82, 2.24) is 9.80 Å². The summed E-state index contributed by atoms with van der Waals surface area (Å²) in [5.74, 6) is -0.125. The van der Waals surface area contributed by atoms with Gasteiger partial charge in [0, 0.05) is 44.5 Å². The van der Waals surface area contributed by atoms with Gasteiger partial charge in [-0.05, 0) is 44.9 Å². The van der Waals surface area contributed by atoms with E-state index in [0.717, 1.165) is 5.56 Å². The van der Waals surface area contributed by atoms with E-state index in [1.807, 2.05) is 20.8 Å². The third kappa shape index (κ3) is 6.55. The van der Waals surface area contributed by atoms with Crippen LogP contribution in [0.1, 0.15) is 31.9 Å². The maximum Gasteiger partial charge on any atom is 0.488 e. The Morgan fingerprint density at radius 2 is 1.81 bits per heavy atom. The second-order valence-corrected chi connectivity index (χ2v) is 8.48. The van der Waals surface area contributed by atoms with Crippen molar-refractivity contribution in [2.75, 3.05) is 31.9 Å². The summed E-state index contributed by atoms with van der Waals surface area (Å²) in [6, 6.07) is 2.98. The zero-order valence-corrected chi connectivity index (χ0v) is 16.8. The van der Waals surface area contributed by atoms with Crippen LogP contribution in [0.3, 0.4) is 0 Å². The van der Waals surface area contributed by atoms with Crippen LogP contribution in [0, 0.1) is 6.92 Å². The average molecular weight is 403 g/mol. The minimum absolute atomic E-state index is 0.125. The van der Waals surface area contributed by atoms with Gasteiger partial charge in [0.25, 0.3) is 0 Å². The van der Waals surface area contributed by atoms with Crippen molar-refractivity contribution in [3.05, 3.63) is 23.3 Å². The van der Waals surface area contributed by atoms with Gasteiger partial charge in [0.05, 0.1) is 0 Å². The third-order valence-corrected chi connectivity index (χ3v) is 4.48. The van der Waals surface area contributed by atoms with Crippen LogP contribution in [0.25, 0.3) is 0 Å². The van der Waals surface area contributed by atoms with Gasteiger partial charge in [-0.2, -0.15) is 8.42 Å². The second kappa shape index (κ2) is 7.89. The van der Waals surface area contributed by atoms with Crippen molar-refractivity contribution in [1.29, 1.82) is 0 Å². The Kier molecular flexibility index (Phi) is 6.21. The number of halogens is 1. The molecule has 0 unspecified atom stereocenters. The number of nitrogens with two attached hydrogens (primary N) is 1. The van der Waals surface area contributed by atoms with Crippen molar-refractivity contribution >= 4 is 22.3 Å². The Morgan fingerprint density at radius 1 is 1.22 bits per heavy atom. The molecule has 152 valence electrons. The van der Waals surface area contributed by atoms with Gasteiger partial charge in [-0.1, -0.05) is 3.89 Å². The van der Waals surface area contributed by atoms with Crippen LogP contribution in [0.15, 0.2) is 12.1 Å². The quantitative estimate of drug-likeness (QED) is 0.607. The molecule has 2 rings (SSSR count). The van der Waals surface area contributed by atoms with Crippen LogP contribution in [0.4, 0.5) is 14.4 Å². The number of rotatable bonds is 4. The van der Waals surface area contributed by atoms with Gasteiger partial charge in [0.15, 0.2) is 5.75 Å². The molecule has 1 heterocycles. The number of carbonyl (C=O) groups is 1. The summed E-state index contributed by atoms with van der Waals surface area (Å²) in [6.45, 7) is 9.84. The molecule has 0 aliphatic carbocycles. The number of piperazine rings is 1. The van der Waals surface area contributed by atoms with Gasteiger partial charge in [0.1, 0.15) is 5.60 Å². The molecule has 0 atom stereocenters. The molecule has 0 spiro atoms. The molecule has 0 aromatic heterocycles. The molecule has 1 fully saturated rings. The first-order valence-corrected chi connectivity index (χ1v) is 9.88. The summed E-state index contributed by atoms with van der Waals surface area (Å²) < 4.78 is 44.2. The number of benzene rings is 1. The number of carbonyl (C=O) groups excluding carboxylic acids is 1. The lowest BCUT2D eigenvalue weighted by atomic mass is 10.1. The van der Waals surface area contributed by atoms with Gasteiger partial charge in [-0.15, -0.1) is 0 Å². The van der Waals surface area contributed by atoms with E-state index in [0.29, 0.717) is 38.3 Å². The van der Waals surface area contributed by atoms with Crippen LogP contribution in [0.5, 0.6) is 5.75 Å². The highest BCUT2D eigenvalue weighted by Gasteiger charge is 2.26. The van der Waals surface area contributed by atoms with E-state index < -0.39 is 16.1 Å². The summed E-state index contributed by atoms with van der Waals surface area (Å²) in [7, 11) is -5.13. The van der Waals surface area contributed by atoms with Crippen LogP contribution >= 0.6 is 0 Å². The summed E-state index contributed by atoms with van der Waals surface area (Å²) in [6.07, 6.45) is -0.342. The summed E-state index contributed by atoms with van der Waals surface area (Å²) in [5.41, 5.74) is 6.76. The molecule has 27 heavy (non-hydrogen) atoms. The fraction of sp³-hybridized carbons (Fsp3) is 0.588. The van der Waals surface area contributed by atoms with E-state index in [-0.39, 0.29) is 17.5 Å². The van der Waals surface area contributed by atoms with E-state index in [1.54, 1.807) is 17.9 Å². The summed E-state index contributed by atoms with van der Waals surface area (Å²) in [5, 5.41) is 0. The molecule has 0 radical (unpaired) electrons. The van der Waals surface area contributed by atoms with Crippen LogP contribution in [-0.2, 0) is 21.8 Å². The number of anilines is 1. The Bertz CT molecular complexity index is 800. The van der Waals surface area contributed by atoms with E-state index in [1.165, 1.54) is 6.07 Å². The lowest BCUT2D eigenvalue weighted by Gasteiger charge is -2.35. The number of nitrogen functional groups attached to an aromatic ring is 1. The van der Waals surface area contributed by atoms with Crippen molar-refractivity contribution < 1.29 is 26.0 Å². The first-order valence-electron chi connectivity index (χ1n) is 8.57. The van der Waals surface area contributed by atoms with Gasteiger partial charge in [0.2, 0.25) is 0 Å². The number of ether oxygens (including phenoxy) is 1. The predicted molar refractivity (Wildman–Crippen MR) is 99.3 cm³/mol. The fourth-order valence-corrected chi connectivity index (χ4v) is 3.17. The van der Waals surface area contributed by atoms with Crippen LogP contribution in [-0.4, -0.2) is 56.1 Å². The van der Waals surface area contributed by atoms with Crippen molar-refractivity contribution in [3.8, 4) is 5.75 Å². The molecule has 0 bridgehead atoms. The van der Waals surface area contributed by atoms with Crippen molar-refractivity contribution in [3.63, 3.8) is 0 Å². The maximum atomic E-state index is 12.9. The first kappa shape index (κ1) is 21.2. The second-order valence-electron chi connectivity index (χ2n) is 7.52. The molecule has 0 saturated carbocycles.